The predicted molar refractivity (Wildman–Crippen MR) is 76.0 cm³/mol. The average molecular weight is 309 g/mol. The first-order valence-electron chi connectivity index (χ1n) is 5.85. The zero-order valence-corrected chi connectivity index (χ0v) is 12.4. The molecule has 2 rings (SSSR count). The summed E-state index contributed by atoms with van der Waals surface area (Å²) in [6, 6.07) is 7.71. The van der Waals surface area contributed by atoms with E-state index in [1.807, 2.05) is 24.3 Å². The fourth-order valence-corrected chi connectivity index (χ4v) is 1.81. The molecule has 0 fully saturated rings. The number of nitrogens with zero attached hydrogens (tertiary/aromatic N) is 1. The Morgan fingerprint density at radius 1 is 1.22 bits per heavy atom. The van der Waals surface area contributed by atoms with Crippen LogP contribution in [0.5, 0.6) is 0 Å². The van der Waals surface area contributed by atoms with Gasteiger partial charge in [-0.25, -0.2) is 4.98 Å². The maximum absolute atomic E-state index is 6.12. The topological polar surface area (TPSA) is 52.0 Å². The van der Waals surface area contributed by atoms with Crippen LogP contribution in [-0.4, -0.2) is 4.98 Å². The van der Waals surface area contributed by atoms with E-state index in [2.05, 4.69) is 41.7 Å². The Morgan fingerprint density at radius 3 is 2.39 bits per heavy atom. The molecule has 1 heterocycles. The Bertz CT molecular complexity index is 525. The van der Waals surface area contributed by atoms with Crippen LogP contribution in [0.1, 0.15) is 32.7 Å². The second-order valence-electron chi connectivity index (χ2n) is 5.41. The molecule has 0 spiro atoms. The molecule has 3 nitrogen and oxygen atoms in total. The summed E-state index contributed by atoms with van der Waals surface area (Å²) in [5, 5.41) is 0. The molecule has 1 atom stereocenters. The van der Waals surface area contributed by atoms with E-state index in [1.165, 1.54) is 0 Å². The summed E-state index contributed by atoms with van der Waals surface area (Å²) in [7, 11) is 0. The molecule has 0 radical (unpaired) electrons. The molecular weight excluding hydrogens is 292 g/mol. The molecule has 0 saturated carbocycles. The molecule has 2 aromatic rings. The van der Waals surface area contributed by atoms with Crippen molar-refractivity contribution < 1.29 is 4.42 Å². The van der Waals surface area contributed by atoms with E-state index in [0.717, 1.165) is 15.8 Å². The highest BCUT2D eigenvalue weighted by Gasteiger charge is 2.26. The molecule has 1 aromatic carbocycles. The standard InChI is InChI=1S/C14H17BrN2O/c1-14(2,3)12(16)13-17-8-11(18-13)9-4-6-10(15)7-5-9/h4-8,12H,16H2,1-3H3. The second-order valence-corrected chi connectivity index (χ2v) is 6.33. The number of nitrogens with two attached hydrogens (primary N) is 1. The highest BCUT2D eigenvalue weighted by Crippen LogP contribution is 2.32. The van der Waals surface area contributed by atoms with Crippen LogP contribution in [0.25, 0.3) is 11.3 Å². The molecule has 18 heavy (non-hydrogen) atoms. The Morgan fingerprint density at radius 2 is 1.83 bits per heavy atom. The normalized spacial score (nSPS) is 13.6. The average Bonchev–Trinajstić information content (AvgIpc) is 2.77. The van der Waals surface area contributed by atoms with E-state index in [1.54, 1.807) is 6.20 Å². The second kappa shape index (κ2) is 4.86. The van der Waals surface area contributed by atoms with Gasteiger partial charge in [0.2, 0.25) is 5.89 Å². The third kappa shape index (κ3) is 2.82. The van der Waals surface area contributed by atoms with Crippen molar-refractivity contribution in [2.24, 2.45) is 11.1 Å². The lowest BCUT2D eigenvalue weighted by atomic mass is 9.87. The molecular formula is C14H17BrN2O. The van der Waals surface area contributed by atoms with Gasteiger partial charge in [-0.15, -0.1) is 0 Å². The van der Waals surface area contributed by atoms with Gasteiger partial charge in [0.25, 0.3) is 0 Å². The number of rotatable bonds is 2. The maximum atomic E-state index is 6.12. The van der Waals surface area contributed by atoms with Crippen LogP contribution in [-0.2, 0) is 0 Å². The summed E-state index contributed by atoms with van der Waals surface area (Å²) >= 11 is 3.41. The first kappa shape index (κ1) is 13.3. The van der Waals surface area contributed by atoms with Crippen LogP contribution in [0, 0.1) is 5.41 Å². The minimum Gasteiger partial charge on any atom is -0.439 e. The highest BCUT2D eigenvalue weighted by atomic mass is 79.9. The molecule has 4 heteroatoms. The van der Waals surface area contributed by atoms with Crippen molar-refractivity contribution in [2.45, 2.75) is 26.8 Å². The quantitative estimate of drug-likeness (QED) is 0.906. The van der Waals surface area contributed by atoms with Gasteiger partial charge in [-0.05, 0) is 17.5 Å². The largest absolute Gasteiger partial charge is 0.439 e. The molecule has 0 amide bonds. The number of oxazole rings is 1. The van der Waals surface area contributed by atoms with Crippen molar-refractivity contribution in [1.29, 1.82) is 0 Å². The Hall–Kier alpha value is -1.13. The molecule has 2 N–H and O–H groups in total. The highest BCUT2D eigenvalue weighted by molar-refractivity contribution is 9.10. The summed E-state index contributed by atoms with van der Waals surface area (Å²) in [4.78, 5) is 4.28. The Balaban J connectivity index is 2.28. The summed E-state index contributed by atoms with van der Waals surface area (Å²) in [6.07, 6.45) is 1.73. The van der Waals surface area contributed by atoms with Gasteiger partial charge in [-0.3, -0.25) is 0 Å². The SMILES string of the molecule is CC(C)(C)C(N)c1ncc(-c2ccc(Br)cc2)o1. The molecule has 0 aliphatic heterocycles. The summed E-state index contributed by atoms with van der Waals surface area (Å²) < 4.78 is 6.79. The van der Waals surface area contributed by atoms with E-state index in [-0.39, 0.29) is 11.5 Å². The maximum Gasteiger partial charge on any atom is 0.212 e. The van der Waals surface area contributed by atoms with E-state index in [4.69, 9.17) is 10.2 Å². The van der Waals surface area contributed by atoms with Crippen molar-refractivity contribution in [3.63, 3.8) is 0 Å². The lowest BCUT2D eigenvalue weighted by Crippen LogP contribution is -2.26. The summed E-state index contributed by atoms with van der Waals surface area (Å²) in [6.45, 7) is 6.21. The molecule has 1 aromatic heterocycles. The molecule has 0 bridgehead atoms. The van der Waals surface area contributed by atoms with Crippen LogP contribution in [0.2, 0.25) is 0 Å². The van der Waals surface area contributed by atoms with Crippen molar-refractivity contribution in [3.05, 3.63) is 40.8 Å². The van der Waals surface area contributed by atoms with Crippen molar-refractivity contribution in [3.8, 4) is 11.3 Å². The number of halogens is 1. The minimum atomic E-state index is -0.207. The van der Waals surface area contributed by atoms with Gasteiger partial charge in [-0.2, -0.15) is 0 Å². The molecule has 1 unspecified atom stereocenters. The van der Waals surface area contributed by atoms with Crippen molar-refractivity contribution in [2.75, 3.05) is 0 Å². The summed E-state index contributed by atoms with van der Waals surface area (Å²) in [5.74, 6) is 1.33. The smallest absolute Gasteiger partial charge is 0.212 e. The van der Waals surface area contributed by atoms with Crippen molar-refractivity contribution >= 4 is 15.9 Å². The molecule has 96 valence electrons. The van der Waals surface area contributed by atoms with E-state index in [9.17, 15) is 0 Å². The summed E-state index contributed by atoms with van der Waals surface area (Å²) in [5.41, 5.74) is 7.05. The Labute approximate surface area is 116 Å². The fourth-order valence-electron chi connectivity index (χ4n) is 1.55. The van der Waals surface area contributed by atoms with E-state index in [0.29, 0.717) is 5.89 Å². The molecule has 0 aliphatic carbocycles. The Kier molecular flexibility index (Phi) is 3.59. The van der Waals surface area contributed by atoms with Crippen LogP contribution in [0.15, 0.2) is 39.4 Å². The lowest BCUT2D eigenvalue weighted by molar-refractivity contribution is 0.279. The first-order valence-corrected chi connectivity index (χ1v) is 6.64. The van der Waals surface area contributed by atoms with Gasteiger partial charge < -0.3 is 10.2 Å². The predicted octanol–water partition coefficient (Wildman–Crippen LogP) is 4.15. The third-order valence-corrected chi connectivity index (χ3v) is 3.38. The molecule has 0 aliphatic rings. The minimum absolute atomic E-state index is 0.0676. The zero-order valence-electron chi connectivity index (χ0n) is 10.8. The van der Waals surface area contributed by atoms with Crippen LogP contribution in [0.4, 0.5) is 0 Å². The molecule has 0 saturated heterocycles. The zero-order chi connectivity index (χ0) is 13.3. The van der Waals surface area contributed by atoms with E-state index < -0.39 is 0 Å². The monoisotopic (exact) mass is 308 g/mol. The number of aromatic nitrogens is 1. The lowest BCUT2D eigenvalue weighted by Gasteiger charge is -2.23. The van der Waals surface area contributed by atoms with Gasteiger partial charge in [-0.1, -0.05) is 48.8 Å². The number of hydrogen-bond donors (Lipinski definition) is 1. The van der Waals surface area contributed by atoms with E-state index >= 15 is 0 Å². The fraction of sp³-hybridized carbons (Fsp3) is 0.357. The van der Waals surface area contributed by atoms with Gasteiger partial charge in [0.05, 0.1) is 12.2 Å². The van der Waals surface area contributed by atoms with Gasteiger partial charge in [0.1, 0.15) is 0 Å². The first-order chi connectivity index (χ1) is 8.38. The van der Waals surface area contributed by atoms with Crippen LogP contribution in [0.3, 0.4) is 0 Å². The third-order valence-electron chi connectivity index (χ3n) is 2.85. The number of hydrogen-bond acceptors (Lipinski definition) is 3. The van der Waals surface area contributed by atoms with Crippen LogP contribution >= 0.6 is 15.9 Å². The van der Waals surface area contributed by atoms with Crippen molar-refractivity contribution in [1.82, 2.24) is 4.98 Å². The van der Waals surface area contributed by atoms with Crippen LogP contribution < -0.4 is 5.73 Å². The van der Waals surface area contributed by atoms with Gasteiger partial charge in [0.15, 0.2) is 5.76 Å². The number of benzene rings is 1. The van der Waals surface area contributed by atoms with Gasteiger partial charge >= 0.3 is 0 Å². The van der Waals surface area contributed by atoms with Gasteiger partial charge in [0, 0.05) is 10.0 Å².